The maximum Gasteiger partial charge on any atom is 0.229 e. The van der Waals surface area contributed by atoms with Gasteiger partial charge in [0.25, 0.3) is 0 Å². The first-order valence-corrected chi connectivity index (χ1v) is 8.44. The first-order valence-electron chi connectivity index (χ1n) is 8.44. The molecule has 24 heavy (non-hydrogen) atoms. The molecule has 2 N–H and O–H groups in total. The molecule has 124 valence electrons. The lowest BCUT2D eigenvalue weighted by Crippen LogP contribution is -2.39. The van der Waals surface area contributed by atoms with E-state index in [1.165, 1.54) is 5.56 Å². The topological polar surface area (TPSA) is 70.2 Å². The van der Waals surface area contributed by atoms with Crippen LogP contribution < -0.4 is 15.5 Å². The number of amides is 1. The van der Waals surface area contributed by atoms with Gasteiger partial charge in [-0.1, -0.05) is 12.1 Å². The predicted molar refractivity (Wildman–Crippen MR) is 93.0 cm³/mol. The lowest BCUT2D eigenvalue weighted by Gasteiger charge is -2.27. The minimum absolute atomic E-state index is 0.0116. The molecule has 2 aliphatic heterocycles. The third kappa shape index (κ3) is 3.10. The monoisotopic (exact) mass is 323 g/mol. The number of carbonyl (C=O) groups is 1. The summed E-state index contributed by atoms with van der Waals surface area (Å²) in [6.45, 7) is 3.62. The van der Waals surface area contributed by atoms with E-state index in [2.05, 4.69) is 37.9 Å². The average molecular weight is 323 g/mol. The number of anilines is 2. The molecule has 2 saturated heterocycles. The first kappa shape index (κ1) is 15.1. The van der Waals surface area contributed by atoms with Gasteiger partial charge >= 0.3 is 0 Å². The highest BCUT2D eigenvalue weighted by molar-refractivity contribution is 5.93. The Morgan fingerprint density at radius 1 is 1.21 bits per heavy atom. The number of hydrogen-bond donors (Lipinski definition) is 2. The van der Waals surface area contributed by atoms with Crippen LogP contribution in [0.15, 0.2) is 42.6 Å². The molecule has 1 amide bonds. The minimum Gasteiger partial charge on any atom is -0.354 e. The molecule has 2 fully saturated rings. The van der Waals surface area contributed by atoms with Crippen LogP contribution in [0.5, 0.6) is 0 Å². The number of rotatable bonds is 4. The minimum atomic E-state index is -0.0116. The molecule has 0 spiro atoms. The van der Waals surface area contributed by atoms with Gasteiger partial charge < -0.3 is 15.5 Å². The van der Waals surface area contributed by atoms with Gasteiger partial charge in [0.2, 0.25) is 5.91 Å². The van der Waals surface area contributed by atoms with Crippen molar-refractivity contribution in [3.8, 4) is 0 Å². The van der Waals surface area contributed by atoms with Gasteiger partial charge in [0.05, 0.1) is 5.92 Å². The molecule has 1 aromatic heterocycles. The molecular formula is C18H21N5O. The van der Waals surface area contributed by atoms with Gasteiger partial charge in [-0.3, -0.25) is 4.79 Å². The van der Waals surface area contributed by atoms with Gasteiger partial charge in [-0.15, -0.1) is 5.10 Å². The number of nitrogens with one attached hydrogen (secondary N) is 2. The van der Waals surface area contributed by atoms with Crippen LogP contribution in [-0.2, 0) is 4.79 Å². The normalized spacial score (nSPS) is 20.7. The Balaban J connectivity index is 1.34. The van der Waals surface area contributed by atoms with Crippen molar-refractivity contribution in [3.05, 3.63) is 48.2 Å². The summed E-state index contributed by atoms with van der Waals surface area (Å²) in [6, 6.07) is 12.0. The summed E-state index contributed by atoms with van der Waals surface area (Å²) in [5.41, 5.74) is 2.20. The molecule has 2 aliphatic rings. The van der Waals surface area contributed by atoms with E-state index in [1.807, 2.05) is 24.3 Å². The van der Waals surface area contributed by atoms with Crippen molar-refractivity contribution in [2.75, 3.05) is 36.4 Å². The van der Waals surface area contributed by atoms with Gasteiger partial charge in [-0.25, -0.2) is 0 Å². The first-order chi connectivity index (χ1) is 11.8. The fourth-order valence-electron chi connectivity index (χ4n) is 3.25. The smallest absolute Gasteiger partial charge is 0.229 e. The molecule has 6 nitrogen and oxygen atoms in total. The van der Waals surface area contributed by atoms with Crippen LogP contribution in [0.1, 0.15) is 17.9 Å². The summed E-state index contributed by atoms with van der Waals surface area (Å²) in [7, 11) is 0. The van der Waals surface area contributed by atoms with Gasteiger partial charge in [-0.2, -0.15) is 5.10 Å². The number of nitrogens with zero attached hydrogens (tertiary/aromatic N) is 3. The molecule has 1 aromatic carbocycles. The largest absolute Gasteiger partial charge is 0.354 e. The van der Waals surface area contributed by atoms with Crippen molar-refractivity contribution in [2.24, 2.45) is 5.92 Å². The van der Waals surface area contributed by atoms with Crippen LogP contribution in [0.3, 0.4) is 0 Å². The van der Waals surface area contributed by atoms with Crippen molar-refractivity contribution in [1.29, 1.82) is 0 Å². The second-order valence-corrected chi connectivity index (χ2v) is 6.48. The number of hydrogen-bond acceptors (Lipinski definition) is 5. The van der Waals surface area contributed by atoms with E-state index in [-0.39, 0.29) is 11.8 Å². The summed E-state index contributed by atoms with van der Waals surface area (Å²) in [5, 5.41) is 14.3. The zero-order valence-corrected chi connectivity index (χ0v) is 13.5. The highest BCUT2D eigenvalue weighted by Crippen LogP contribution is 2.24. The lowest BCUT2D eigenvalue weighted by atomic mass is 9.94. The summed E-state index contributed by atoms with van der Waals surface area (Å²) < 4.78 is 0. The van der Waals surface area contributed by atoms with Crippen molar-refractivity contribution in [3.63, 3.8) is 0 Å². The van der Waals surface area contributed by atoms with E-state index in [0.29, 0.717) is 12.5 Å². The predicted octanol–water partition coefficient (Wildman–Crippen LogP) is 1.63. The standard InChI is InChI=1S/C18H21N5O/c24-18(14-7-9-23(12-14)17-2-1-8-20-22-17)21-16-5-3-13(4-6-16)15-10-19-11-15/h1-6,8,14-15,19H,7,9-12H2,(H,21,24). The van der Waals surface area contributed by atoms with Crippen molar-refractivity contribution >= 4 is 17.4 Å². The lowest BCUT2D eigenvalue weighted by molar-refractivity contribution is -0.119. The Labute approximate surface area is 141 Å². The van der Waals surface area contributed by atoms with Crippen LogP contribution in [0.2, 0.25) is 0 Å². The van der Waals surface area contributed by atoms with E-state index >= 15 is 0 Å². The molecule has 0 saturated carbocycles. The van der Waals surface area contributed by atoms with Crippen molar-refractivity contribution in [2.45, 2.75) is 12.3 Å². The molecule has 0 bridgehead atoms. The van der Waals surface area contributed by atoms with E-state index < -0.39 is 0 Å². The number of benzene rings is 1. The maximum absolute atomic E-state index is 12.5. The Morgan fingerprint density at radius 3 is 2.71 bits per heavy atom. The SMILES string of the molecule is O=C(Nc1ccc(C2CNC2)cc1)C1CCN(c2cccnn2)C1. The van der Waals surface area contributed by atoms with Gasteiger partial charge in [0.15, 0.2) is 5.82 Å². The second-order valence-electron chi connectivity index (χ2n) is 6.48. The molecule has 6 heteroatoms. The van der Waals surface area contributed by atoms with Crippen LogP contribution in [0.4, 0.5) is 11.5 Å². The van der Waals surface area contributed by atoms with Crippen LogP contribution >= 0.6 is 0 Å². The van der Waals surface area contributed by atoms with E-state index in [0.717, 1.165) is 37.6 Å². The fourth-order valence-corrected chi connectivity index (χ4v) is 3.25. The highest BCUT2D eigenvalue weighted by Gasteiger charge is 2.29. The third-order valence-corrected chi connectivity index (χ3v) is 4.87. The van der Waals surface area contributed by atoms with E-state index in [1.54, 1.807) is 6.20 Å². The Hall–Kier alpha value is -2.47. The fraction of sp³-hybridized carbons (Fsp3) is 0.389. The van der Waals surface area contributed by atoms with Crippen LogP contribution in [0, 0.1) is 5.92 Å². The van der Waals surface area contributed by atoms with Crippen LogP contribution in [0.25, 0.3) is 0 Å². The number of aromatic nitrogens is 2. The number of carbonyl (C=O) groups excluding carboxylic acids is 1. The zero-order valence-electron chi connectivity index (χ0n) is 13.5. The Morgan fingerprint density at radius 2 is 2.04 bits per heavy atom. The average Bonchev–Trinajstić information content (AvgIpc) is 3.06. The van der Waals surface area contributed by atoms with Crippen LogP contribution in [-0.4, -0.2) is 42.3 Å². The Bertz CT molecular complexity index is 699. The van der Waals surface area contributed by atoms with Gasteiger partial charge in [-0.05, 0) is 36.2 Å². The Kier molecular flexibility index (Phi) is 4.13. The third-order valence-electron chi connectivity index (χ3n) is 4.87. The summed E-state index contributed by atoms with van der Waals surface area (Å²) >= 11 is 0. The second kappa shape index (κ2) is 6.57. The maximum atomic E-state index is 12.5. The molecule has 3 heterocycles. The van der Waals surface area contributed by atoms with Crippen molar-refractivity contribution in [1.82, 2.24) is 15.5 Å². The van der Waals surface area contributed by atoms with Gasteiger partial charge in [0, 0.05) is 44.0 Å². The van der Waals surface area contributed by atoms with E-state index in [9.17, 15) is 4.79 Å². The van der Waals surface area contributed by atoms with Crippen molar-refractivity contribution < 1.29 is 4.79 Å². The van der Waals surface area contributed by atoms with Gasteiger partial charge in [0.1, 0.15) is 0 Å². The highest BCUT2D eigenvalue weighted by atomic mass is 16.1. The molecule has 2 aromatic rings. The molecule has 0 radical (unpaired) electrons. The zero-order chi connectivity index (χ0) is 16.4. The molecule has 4 rings (SSSR count). The molecule has 0 aliphatic carbocycles. The molecular weight excluding hydrogens is 302 g/mol. The quantitative estimate of drug-likeness (QED) is 0.895. The summed E-state index contributed by atoms with van der Waals surface area (Å²) in [6.07, 6.45) is 2.50. The summed E-state index contributed by atoms with van der Waals surface area (Å²) in [4.78, 5) is 14.6. The molecule has 1 atom stereocenters. The molecule has 1 unspecified atom stereocenters. The summed E-state index contributed by atoms with van der Waals surface area (Å²) in [5.74, 6) is 1.53. The van der Waals surface area contributed by atoms with E-state index in [4.69, 9.17) is 0 Å².